The van der Waals surface area contributed by atoms with Gasteiger partial charge in [-0.15, -0.1) is 0 Å². The van der Waals surface area contributed by atoms with Crippen LogP contribution in [0, 0.1) is 19.7 Å². The lowest BCUT2D eigenvalue weighted by Crippen LogP contribution is -2.32. The zero-order valence-electron chi connectivity index (χ0n) is 17.1. The van der Waals surface area contributed by atoms with Crippen molar-refractivity contribution in [1.29, 1.82) is 0 Å². The van der Waals surface area contributed by atoms with Crippen molar-refractivity contribution in [2.24, 2.45) is 0 Å². The first-order valence-electron chi connectivity index (χ1n) is 9.59. The second kappa shape index (κ2) is 8.16. The number of anilines is 3. The molecule has 0 saturated heterocycles. The number of nitrogens with zero attached hydrogens (tertiary/aromatic N) is 2. The van der Waals surface area contributed by atoms with Gasteiger partial charge in [0.15, 0.2) is 0 Å². The maximum atomic E-state index is 15.2. The minimum Gasteiger partial charge on any atom is -0.351 e. The first-order valence-corrected chi connectivity index (χ1v) is 11.0. The van der Waals surface area contributed by atoms with Gasteiger partial charge in [0.25, 0.3) is 5.56 Å². The summed E-state index contributed by atoms with van der Waals surface area (Å²) in [4.78, 5) is 12.7. The molecule has 1 fully saturated rings. The molecular formula is C20H27FN4O3S. The van der Waals surface area contributed by atoms with Crippen molar-refractivity contribution in [3.05, 3.63) is 51.7 Å². The molecule has 0 unspecified atom stereocenters. The second-order valence-electron chi connectivity index (χ2n) is 7.72. The molecule has 0 bridgehead atoms. The summed E-state index contributed by atoms with van der Waals surface area (Å²) in [5, 5.41) is 2.92. The summed E-state index contributed by atoms with van der Waals surface area (Å²) in [6.07, 6.45) is 4.86. The van der Waals surface area contributed by atoms with Crippen LogP contribution in [0.5, 0.6) is 0 Å². The average molecular weight is 423 g/mol. The van der Waals surface area contributed by atoms with Gasteiger partial charge in [-0.1, -0.05) is 30.5 Å². The highest BCUT2D eigenvalue weighted by atomic mass is 32.2. The summed E-state index contributed by atoms with van der Waals surface area (Å²) in [6, 6.07) is 5.42. The quantitative estimate of drug-likeness (QED) is 0.744. The van der Waals surface area contributed by atoms with E-state index in [4.69, 9.17) is 0 Å². The topological polar surface area (TPSA) is 83.4 Å². The number of aromatic nitrogens is 1. The van der Waals surface area contributed by atoms with Crippen LogP contribution in [0.4, 0.5) is 21.5 Å². The van der Waals surface area contributed by atoms with Crippen LogP contribution in [0.2, 0.25) is 0 Å². The number of rotatable bonds is 6. The summed E-state index contributed by atoms with van der Waals surface area (Å²) in [5.41, 5.74) is 1.56. The third kappa shape index (κ3) is 4.45. The van der Waals surface area contributed by atoms with E-state index in [9.17, 15) is 13.2 Å². The van der Waals surface area contributed by atoms with Gasteiger partial charge in [-0.25, -0.2) is 0 Å². The minimum atomic E-state index is -3.89. The summed E-state index contributed by atoms with van der Waals surface area (Å²) < 4.78 is 44.8. The Hall–Kier alpha value is -2.39. The van der Waals surface area contributed by atoms with E-state index in [0.29, 0.717) is 5.69 Å². The first kappa shape index (κ1) is 21.3. The predicted molar refractivity (Wildman–Crippen MR) is 114 cm³/mol. The molecule has 2 N–H and O–H groups in total. The van der Waals surface area contributed by atoms with E-state index in [0.717, 1.165) is 41.1 Å². The van der Waals surface area contributed by atoms with Crippen LogP contribution in [0.25, 0.3) is 0 Å². The van der Waals surface area contributed by atoms with Crippen molar-refractivity contribution in [2.45, 2.75) is 45.6 Å². The summed E-state index contributed by atoms with van der Waals surface area (Å²) >= 11 is 0. The van der Waals surface area contributed by atoms with Gasteiger partial charge in [0.2, 0.25) is 5.82 Å². The highest BCUT2D eigenvalue weighted by molar-refractivity contribution is 7.90. The normalized spacial score (nSPS) is 15.1. The largest absolute Gasteiger partial charge is 0.351 e. The minimum absolute atomic E-state index is 0.00248. The van der Waals surface area contributed by atoms with Gasteiger partial charge in [0.1, 0.15) is 5.69 Å². The first-order chi connectivity index (χ1) is 13.6. The molecule has 0 aliphatic heterocycles. The van der Waals surface area contributed by atoms with Gasteiger partial charge in [-0.05, 0) is 38.3 Å². The molecule has 0 atom stereocenters. The third-order valence-corrected chi connectivity index (χ3v) is 6.70. The maximum Gasteiger partial charge on any atom is 0.301 e. The zero-order chi connectivity index (χ0) is 21.3. The summed E-state index contributed by atoms with van der Waals surface area (Å²) in [7, 11) is -1.14. The molecule has 1 saturated carbocycles. The predicted octanol–water partition coefficient (Wildman–Crippen LogP) is 3.68. The molecule has 1 aromatic carbocycles. The van der Waals surface area contributed by atoms with Crippen molar-refractivity contribution in [3.63, 3.8) is 0 Å². The lowest BCUT2D eigenvalue weighted by atomic mass is 10.1. The van der Waals surface area contributed by atoms with E-state index in [-0.39, 0.29) is 17.4 Å². The molecule has 0 radical (unpaired) electrons. The number of halogens is 1. The maximum absolute atomic E-state index is 15.2. The van der Waals surface area contributed by atoms with Crippen LogP contribution in [0.3, 0.4) is 0 Å². The molecular weight excluding hydrogens is 395 g/mol. The van der Waals surface area contributed by atoms with Gasteiger partial charge < -0.3 is 9.88 Å². The summed E-state index contributed by atoms with van der Waals surface area (Å²) in [5.74, 6) is -1.00. The van der Waals surface area contributed by atoms with Gasteiger partial charge >= 0.3 is 10.2 Å². The van der Waals surface area contributed by atoms with Crippen LogP contribution in [0.15, 0.2) is 29.2 Å². The molecule has 3 rings (SSSR count). The molecule has 158 valence electrons. The van der Waals surface area contributed by atoms with Crippen LogP contribution in [-0.2, 0) is 10.2 Å². The molecule has 1 aliphatic rings. The van der Waals surface area contributed by atoms with Crippen LogP contribution in [-0.4, -0.2) is 31.4 Å². The number of nitrogens with one attached hydrogen (secondary N) is 2. The molecule has 1 aromatic heterocycles. The van der Waals surface area contributed by atoms with Gasteiger partial charge in [0, 0.05) is 32.0 Å². The fraction of sp³-hybridized carbons (Fsp3) is 0.450. The van der Waals surface area contributed by atoms with Crippen molar-refractivity contribution >= 4 is 27.3 Å². The highest BCUT2D eigenvalue weighted by Gasteiger charge is 2.26. The Labute approximate surface area is 170 Å². The van der Waals surface area contributed by atoms with Gasteiger partial charge in [0.05, 0.1) is 5.69 Å². The van der Waals surface area contributed by atoms with Crippen LogP contribution < -0.4 is 15.6 Å². The Morgan fingerprint density at radius 3 is 2.38 bits per heavy atom. The second-order valence-corrected chi connectivity index (χ2v) is 9.60. The van der Waals surface area contributed by atoms with Gasteiger partial charge in [-0.3, -0.25) is 9.52 Å². The molecule has 7 nitrogen and oxygen atoms in total. The van der Waals surface area contributed by atoms with Crippen molar-refractivity contribution in [1.82, 2.24) is 8.87 Å². The zero-order valence-corrected chi connectivity index (χ0v) is 17.9. The number of hydrogen-bond donors (Lipinski definition) is 2. The van der Waals surface area contributed by atoms with E-state index in [1.165, 1.54) is 24.9 Å². The highest BCUT2D eigenvalue weighted by Crippen LogP contribution is 2.33. The fourth-order valence-electron chi connectivity index (χ4n) is 3.57. The van der Waals surface area contributed by atoms with E-state index in [2.05, 4.69) is 10.0 Å². The lowest BCUT2D eigenvalue weighted by molar-refractivity contribution is 0.478. The molecule has 0 amide bonds. The molecule has 1 aliphatic carbocycles. The molecule has 29 heavy (non-hydrogen) atoms. The fourth-order valence-corrected chi connectivity index (χ4v) is 4.19. The number of pyridine rings is 1. The Morgan fingerprint density at radius 1 is 1.14 bits per heavy atom. The molecule has 0 spiro atoms. The number of hydrogen-bond acceptors (Lipinski definition) is 4. The van der Waals surface area contributed by atoms with Crippen molar-refractivity contribution < 1.29 is 12.8 Å². The van der Waals surface area contributed by atoms with E-state index in [1.807, 2.05) is 26.0 Å². The van der Waals surface area contributed by atoms with Crippen LogP contribution >= 0.6 is 0 Å². The summed E-state index contributed by atoms with van der Waals surface area (Å²) in [6.45, 7) is 3.80. The Morgan fingerprint density at radius 2 is 1.79 bits per heavy atom. The van der Waals surface area contributed by atoms with E-state index in [1.54, 1.807) is 6.07 Å². The van der Waals surface area contributed by atoms with Gasteiger partial charge in [-0.2, -0.15) is 17.1 Å². The SMILES string of the molecule is Cc1ccc(Nc2c(NS(=O)(=O)N(C)C)cn(C3CCCC3)c(=O)c2F)c(C)c1. The molecule has 1 heterocycles. The number of aryl methyl sites for hydroxylation is 2. The smallest absolute Gasteiger partial charge is 0.301 e. The van der Waals surface area contributed by atoms with E-state index >= 15 is 4.39 Å². The molecule has 2 aromatic rings. The molecule has 9 heteroatoms. The van der Waals surface area contributed by atoms with Crippen molar-refractivity contribution in [3.8, 4) is 0 Å². The van der Waals surface area contributed by atoms with Crippen LogP contribution in [0.1, 0.15) is 42.9 Å². The van der Waals surface area contributed by atoms with Crippen molar-refractivity contribution in [2.75, 3.05) is 24.1 Å². The Balaban J connectivity index is 2.14. The Bertz CT molecular complexity index is 1070. The van der Waals surface area contributed by atoms with E-state index < -0.39 is 21.6 Å². The Kier molecular flexibility index (Phi) is 6.00. The third-order valence-electron chi connectivity index (χ3n) is 5.26. The average Bonchev–Trinajstić information content (AvgIpc) is 3.17. The lowest BCUT2D eigenvalue weighted by Gasteiger charge is -2.22. The number of benzene rings is 1. The standard InChI is InChI=1S/C20H27FN4O3S/c1-13-9-10-16(14(2)11-13)22-19-17(23-29(27,28)24(3)4)12-25(20(26)18(19)21)15-7-5-6-8-15/h9-12,15,22-23H,5-8H2,1-4H3. The monoisotopic (exact) mass is 422 g/mol.